The van der Waals surface area contributed by atoms with Crippen LogP contribution in [0.4, 0.5) is 9.52 Å². The first-order valence-electron chi connectivity index (χ1n) is 11.1. The summed E-state index contributed by atoms with van der Waals surface area (Å²) in [6.45, 7) is 2.78. The predicted molar refractivity (Wildman–Crippen MR) is 135 cm³/mol. The molecule has 2 aromatic carbocycles. The molecule has 2 N–H and O–H groups in total. The monoisotopic (exact) mass is 512 g/mol. The highest BCUT2D eigenvalue weighted by Gasteiger charge is 2.27. The number of hydrogen-bond donors (Lipinski definition) is 2. The van der Waals surface area contributed by atoms with E-state index in [1.165, 1.54) is 41.8 Å². The Morgan fingerprint density at radius 2 is 1.80 bits per heavy atom. The third-order valence-electron chi connectivity index (χ3n) is 6.02. The molecule has 0 aliphatic carbocycles. The van der Waals surface area contributed by atoms with Crippen molar-refractivity contribution in [1.82, 2.24) is 9.88 Å². The van der Waals surface area contributed by atoms with Crippen LogP contribution in [0.5, 0.6) is 0 Å². The number of rotatable bonds is 7. The van der Waals surface area contributed by atoms with Gasteiger partial charge in [-0.25, -0.2) is 17.8 Å². The number of halogens is 1. The number of piperidine rings is 1. The number of nitrogens with zero attached hydrogens (tertiary/aromatic N) is 2. The molecule has 0 atom stereocenters. The Labute approximate surface area is 207 Å². The maximum Gasteiger partial charge on any atom is 0.263 e. The van der Waals surface area contributed by atoms with Crippen molar-refractivity contribution in [2.24, 2.45) is 0 Å². The first-order chi connectivity index (χ1) is 16.8. The van der Waals surface area contributed by atoms with Gasteiger partial charge in [0.25, 0.3) is 15.9 Å². The van der Waals surface area contributed by atoms with Crippen molar-refractivity contribution in [3.8, 4) is 0 Å². The molecule has 1 aliphatic rings. The molecule has 1 amide bonds. The average Bonchev–Trinajstić information content (AvgIpc) is 3.37. The number of thiazole rings is 1. The van der Waals surface area contributed by atoms with Crippen molar-refractivity contribution in [2.45, 2.75) is 30.6 Å². The van der Waals surface area contributed by atoms with Gasteiger partial charge in [0.1, 0.15) is 5.82 Å². The molecule has 0 unspecified atom stereocenters. The number of likely N-dealkylation sites (tertiary alicyclic amines) is 1. The van der Waals surface area contributed by atoms with Crippen LogP contribution in [0.25, 0.3) is 0 Å². The van der Waals surface area contributed by atoms with E-state index in [0.29, 0.717) is 23.8 Å². The van der Waals surface area contributed by atoms with E-state index in [1.807, 2.05) is 12.1 Å². The molecular weight excluding hydrogens is 487 g/mol. The van der Waals surface area contributed by atoms with Gasteiger partial charge in [-0.05, 0) is 67.6 Å². The third kappa shape index (κ3) is 5.66. The van der Waals surface area contributed by atoms with E-state index in [9.17, 15) is 17.6 Å². The minimum atomic E-state index is -3.70. The smallest absolute Gasteiger partial charge is 0.263 e. The number of carbonyl (C=O) groups is 1. The fraction of sp³-hybridized carbons (Fsp3) is 0.240. The quantitative estimate of drug-likeness (QED) is 0.350. The SMILES string of the molecule is CC=C(C(=N)c1ccc(F)cc1)C(=O)N1CCC(c2ccc(S(=O)(=O)Nc3nccs3)cc2)CC1. The Bertz CT molecular complexity index is 1330. The van der Waals surface area contributed by atoms with Gasteiger partial charge in [0.05, 0.1) is 16.2 Å². The Hall–Kier alpha value is -3.37. The molecular formula is C25H25FN4O3S2. The second-order valence-electron chi connectivity index (χ2n) is 8.16. The van der Waals surface area contributed by atoms with E-state index < -0.39 is 15.8 Å². The Morgan fingerprint density at radius 3 is 2.37 bits per heavy atom. The van der Waals surface area contributed by atoms with Gasteiger partial charge in [0, 0.05) is 30.2 Å². The lowest BCUT2D eigenvalue weighted by Gasteiger charge is -2.33. The molecule has 0 radical (unpaired) electrons. The molecule has 35 heavy (non-hydrogen) atoms. The van der Waals surface area contributed by atoms with Crippen molar-refractivity contribution >= 4 is 38.1 Å². The van der Waals surface area contributed by atoms with Gasteiger partial charge in [-0.15, -0.1) is 11.3 Å². The first kappa shape index (κ1) is 24.7. The lowest BCUT2D eigenvalue weighted by molar-refractivity contribution is -0.127. The molecule has 10 heteroatoms. The van der Waals surface area contributed by atoms with E-state index in [2.05, 4.69) is 9.71 Å². The summed E-state index contributed by atoms with van der Waals surface area (Å²) in [5, 5.41) is 10.4. The zero-order valence-corrected chi connectivity index (χ0v) is 20.7. The highest BCUT2D eigenvalue weighted by Crippen LogP contribution is 2.30. The Balaban J connectivity index is 1.37. The van der Waals surface area contributed by atoms with E-state index in [-0.39, 0.29) is 28.0 Å². The van der Waals surface area contributed by atoms with Crippen LogP contribution in [0, 0.1) is 11.2 Å². The zero-order valence-electron chi connectivity index (χ0n) is 19.1. The van der Waals surface area contributed by atoms with Gasteiger partial charge >= 0.3 is 0 Å². The van der Waals surface area contributed by atoms with Crippen LogP contribution in [0.1, 0.15) is 36.8 Å². The molecule has 3 aromatic rings. The maximum absolute atomic E-state index is 13.2. The third-order valence-corrected chi connectivity index (χ3v) is 8.19. The van der Waals surface area contributed by atoms with Gasteiger partial charge in [0.15, 0.2) is 5.13 Å². The Morgan fingerprint density at radius 1 is 1.14 bits per heavy atom. The predicted octanol–water partition coefficient (Wildman–Crippen LogP) is 4.80. The molecule has 1 fully saturated rings. The van der Waals surface area contributed by atoms with Crippen molar-refractivity contribution in [2.75, 3.05) is 17.8 Å². The molecule has 0 saturated carbocycles. The maximum atomic E-state index is 13.2. The number of benzene rings is 2. The van der Waals surface area contributed by atoms with Crippen LogP contribution in [-0.2, 0) is 14.8 Å². The summed E-state index contributed by atoms with van der Waals surface area (Å²) in [6, 6.07) is 12.4. The fourth-order valence-corrected chi connectivity index (χ4v) is 5.89. The van der Waals surface area contributed by atoms with Gasteiger partial charge in [-0.1, -0.05) is 18.2 Å². The molecule has 1 saturated heterocycles. The number of amides is 1. The summed E-state index contributed by atoms with van der Waals surface area (Å²) in [4.78, 5) is 19.0. The van der Waals surface area contributed by atoms with Crippen molar-refractivity contribution in [3.63, 3.8) is 0 Å². The van der Waals surface area contributed by atoms with Gasteiger partial charge in [0.2, 0.25) is 0 Å². The first-order valence-corrected chi connectivity index (χ1v) is 13.5. The number of sulfonamides is 1. The van der Waals surface area contributed by atoms with E-state index in [1.54, 1.807) is 35.4 Å². The standard InChI is InChI=1S/C25H25FN4O3S2/c1-2-22(23(27)19-3-7-20(26)8-4-19)24(31)30-14-11-18(12-15-30)17-5-9-21(10-6-17)35(32,33)29-25-28-13-16-34-25/h2-10,13,16,18,27H,11-12,14-15H2,1H3,(H,28,29). The molecule has 1 aliphatic heterocycles. The van der Waals surface area contributed by atoms with Crippen LogP contribution in [0.3, 0.4) is 0 Å². The summed E-state index contributed by atoms with van der Waals surface area (Å²) in [6.07, 6.45) is 4.62. The molecule has 182 valence electrons. The van der Waals surface area contributed by atoms with Crippen molar-refractivity contribution in [3.05, 3.63) is 88.7 Å². The van der Waals surface area contributed by atoms with Crippen molar-refractivity contribution in [1.29, 1.82) is 5.41 Å². The normalized spacial score (nSPS) is 15.1. The van der Waals surface area contributed by atoms with Crippen LogP contribution in [-0.4, -0.2) is 43.0 Å². The highest BCUT2D eigenvalue weighted by atomic mass is 32.2. The minimum Gasteiger partial charge on any atom is -0.339 e. The molecule has 2 heterocycles. The molecule has 4 rings (SSSR count). The summed E-state index contributed by atoms with van der Waals surface area (Å²) in [7, 11) is -3.70. The number of allylic oxidation sites excluding steroid dienone is 1. The van der Waals surface area contributed by atoms with Crippen LogP contribution >= 0.6 is 11.3 Å². The largest absolute Gasteiger partial charge is 0.339 e. The summed E-state index contributed by atoms with van der Waals surface area (Å²) >= 11 is 1.21. The van der Waals surface area contributed by atoms with Crippen molar-refractivity contribution < 1.29 is 17.6 Å². The van der Waals surface area contributed by atoms with Gasteiger partial charge < -0.3 is 4.90 Å². The molecule has 0 bridgehead atoms. The van der Waals surface area contributed by atoms with Crippen LogP contribution in [0.2, 0.25) is 0 Å². The van der Waals surface area contributed by atoms with Gasteiger partial charge in [-0.2, -0.15) is 0 Å². The van der Waals surface area contributed by atoms with Gasteiger partial charge in [-0.3, -0.25) is 14.9 Å². The summed E-state index contributed by atoms with van der Waals surface area (Å²) in [5.41, 5.74) is 1.87. The van der Waals surface area contributed by atoms with E-state index in [4.69, 9.17) is 5.41 Å². The number of anilines is 1. The van der Waals surface area contributed by atoms with Crippen LogP contribution < -0.4 is 4.72 Å². The molecule has 0 spiro atoms. The zero-order chi connectivity index (χ0) is 25.0. The molecule has 1 aromatic heterocycles. The summed E-state index contributed by atoms with van der Waals surface area (Å²) in [5.74, 6) is -0.401. The fourth-order valence-electron chi connectivity index (χ4n) is 4.10. The van der Waals surface area contributed by atoms with E-state index in [0.717, 1.165) is 18.4 Å². The number of carbonyl (C=O) groups excluding carboxylic acids is 1. The number of aromatic nitrogens is 1. The lowest BCUT2D eigenvalue weighted by Crippen LogP contribution is -2.40. The number of hydrogen-bond acceptors (Lipinski definition) is 6. The molecule has 7 nitrogen and oxygen atoms in total. The average molecular weight is 513 g/mol. The lowest BCUT2D eigenvalue weighted by atomic mass is 9.89. The highest BCUT2D eigenvalue weighted by molar-refractivity contribution is 7.93. The number of nitrogens with one attached hydrogen (secondary N) is 2. The topological polar surface area (TPSA) is 103 Å². The Kier molecular flexibility index (Phi) is 7.42. The summed E-state index contributed by atoms with van der Waals surface area (Å²) < 4.78 is 40.8. The second kappa shape index (κ2) is 10.5. The second-order valence-corrected chi connectivity index (χ2v) is 10.7. The van der Waals surface area contributed by atoms with E-state index >= 15 is 0 Å². The van der Waals surface area contributed by atoms with Crippen LogP contribution in [0.15, 0.2) is 76.7 Å². The minimum absolute atomic E-state index is 0.0720.